The Morgan fingerprint density at radius 3 is 2.41 bits per heavy atom. The molecule has 1 aromatic carbocycles. The molecular formula is C14H15NO2. The van der Waals surface area contributed by atoms with Gasteiger partial charge in [-0.25, -0.2) is 0 Å². The van der Waals surface area contributed by atoms with Crippen LogP contribution in [0.2, 0.25) is 0 Å². The van der Waals surface area contributed by atoms with Gasteiger partial charge in [-0.15, -0.1) is 0 Å². The van der Waals surface area contributed by atoms with E-state index in [4.69, 9.17) is 5.11 Å². The van der Waals surface area contributed by atoms with E-state index in [0.29, 0.717) is 12.8 Å². The van der Waals surface area contributed by atoms with Crippen molar-refractivity contribution in [3.8, 4) is 5.75 Å². The van der Waals surface area contributed by atoms with Gasteiger partial charge in [0.1, 0.15) is 5.75 Å². The number of aromatic nitrogens is 1. The van der Waals surface area contributed by atoms with Crippen LogP contribution in [0, 0.1) is 0 Å². The van der Waals surface area contributed by atoms with E-state index < -0.39 is 6.10 Å². The van der Waals surface area contributed by atoms with Crippen molar-refractivity contribution in [3.63, 3.8) is 0 Å². The molecular weight excluding hydrogens is 214 g/mol. The second kappa shape index (κ2) is 5.46. The number of benzene rings is 1. The highest BCUT2D eigenvalue weighted by atomic mass is 16.3. The first-order valence-electron chi connectivity index (χ1n) is 5.60. The van der Waals surface area contributed by atoms with Gasteiger partial charge in [0.25, 0.3) is 0 Å². The number of aromatic hydroxyl groups is 1. The van der Waals surface area contributed by atoms with Gasteiger partial charge < -0.3 is 10.2 Å². The molecule has 3 heteroatoms. The van der Waals surface area contributed by atoms with Crippen LogP contribution in [0.15, 0.2) is 48.7 Å². The lowest BCUT2D eigenvalue weighted by Crippen LogP contribution is -2.14. The van der Waals surface area contributed by atoms with Crippen molar-refractivity contribution in [2.75, 3.05) is 0 Å². The van der Waals surface area contributed by atoms with Crippen molar-refractivity contribution in [2.24, 2.45) is 0 Å². The van der Waals surface area contributed by atoms with Crippen LogP contribution in [-0.2, 0) is 12.8 Å². The molecule has 0 bridgehead atoms. The summed E-state index contributed by atoms with van der Waals surface area (Å²) in [6.07, 6.45) is 2.38. The molecule has 2 N–H and O–H groups in total. The van der Waals surface area contributed by atoms with Crippen LogP contribution in [0.4, 0.5) is 0 Å². The van der Waals surface area contributed by atoms with Gasteiger partial charge in [-0.3, -0.25) is 4.98 Å². The number of pyridine rings is 1. The van der Waals surface area contributed by atoms with E-state index in [2.05, 4.69) is 4.98 Å². The van der Waals surface area contributed by atoms with Gasteiger partial charge in [-0.1, -0.05) is 18.2 Å². The molecule has 0 saturated carbocycles. The molecule has 1 heterocycles. The SMILES string of the molecule is Oc1ccc(CC(O)Cc2ccccn2)cc1. The Bertz CT molecular complexity index is 453. The van der Waals surface area contributed by atoms with Crippen LogP contribution in [0.3, 0.4) is 0 Å². The third kappa shape index (κ3) is 3.57. The number of nitrogens with zero attached hydrogens (tertiary/aromatic N) is 1. The lowest BCUT2D eigenvalue weighted by molar-refractivity contribution is 0.174. The molecule has 0 spiro atoms. The minimum Gasteiger partial charge on any atom is -0.508 e. The average Bonchev–Trinajstić information content (AvgIpc) is 2.33. The summed E-state index contributed by atoms with van der Waals surface area (Å²) in [5.74, 6) is 0.243. The molecule has 0 aliphatic carbocycles. The first-order valence-corrected chi connectivity index (χ1v) is 5.60. The molecule has 2 rings (SSSR count). The molecule has 0 fully saturated rings. The molecule has 1 unspecified atom stereocenters. The molecule has 0 amide bonds. The Balaban J connectivity index is 1.93. The summed E-state index contributed by atoms with van der Waals surface area (Å²) in [7, 11) is 0. The van der Waals surface area contributed by atoms with E-state index >= 15 is 0 Å². The van der Waals surface area contributed by atoms with Crippen molar-refractivity contribution < 1.29 is 10.2 Å². The molecule has 2 aromatic rings. The monoisotopic (exact) mass is 229 g/mol. The van der Waals surface area contributed by atoms with Gasteiger partial charge in [0, 0.05) is 18.3 Å². The molecule has 0 aliphatic heterocycles. The lowest BCUT2D eigenvalue weighted by Gasteiger charge is -2.10. The highest BCUT2D eigenvalue weighted by Crippen LogP contribution is 2.12. The number of aliphatic hydroxyl groups is 1. The summed E-state index contributed by atoms with van der Waals surface area (Å²) >= 11 is 0. The van der Waals surface area contributed by atoms with Crippen LogP contribution >= 0.6 is 0 Å². The zero-order chi connectivity index (χ0) is 12.1. The second-order valence-corrected chi connectivity index (χ2v) is 4.05. The summed E-state index contributed by atoms with van der Waals surface area (Å²) in [5.41, 5.74) is 1.89. The number of hydrogen-bond acceptors (Lipinski definition) is 3. The standard InChI is InChI=1S/C14H15NO2/c16-13-6-4-11(5-7-13)9-14(17)10-12-3-1-2-8-15-12/h1-8,14,16-17H,9-10H2. The van der Waals surface area contributed by atoms with Gasteiger partial charge in [0.05, 0.1) is 6.10 Å². The van der Waals surface area contributed by atoms with E-state index in [1.165, 1.54) is 0 Å². The first-order chi connectivity index (χ1) is 8.24. The molecule has 17 heavy (non-hydrogen) atoms. The highest BCUT2D eigenvalue weighted by Gasteiger charge is 2.07. The number of aliphatic hydroxyl groups excluding tert-OH is 1. The van der Waals surface area contributed by atoms with Crippen LogP contribution in [0.25, 0.3) is 0 Å². The smallest absolute Gasteiger partial charge is 0.115 e. The summed E-state index contributed by atoms with van der Waals surface area (Å²) < 4.78 is 0. The molecule has 3 nitrogen and oxygen atoms in total. The maximum atomic E-state index is 9.92. The number of rotatable bonds is 4. The maximum absolute atomic E-state index is 9.92. The van der Waals surface area contributed by atoms with Crippen molar-refractivity contribution in [1.82, 2.24) is 4.98 Å². The second-order valence-electron chi connectivity index (χ2n) is 4.05. The highest BCUT2D eigenvalue weighted by molar-refractivity contribution is 5.26. The molecule has 88 valence electrons. The average molecular weight is 229 g/mol. The summed E-state index contributed by atoms with van der Waals surface area (Å²) in [5, 5.41) is 19.1. The summed E-state index contributed by atoms with van der Waals surface area (Å²) in [6, 6.07) is 12.6. The molecule has 1 aromatic heterocycles. The third-order valence-corrected chi connectivity index (χ3v) is 2.58. The molecule has 0 saturated heterocycles. The molecule has 1 atom stereocenters. The fraction of sp³-hybridized carbons (Fsp3) is 0.214. The predicted molar refractivity (Wildman–Crippen MR) is 65.8 cm³/mol. The van der Waals surface area contributed by atoms with E-state index in [9.17, 15) is 5.11 Å². The van der Waals surface area contributed by atoms with E-state index in [-0.39, 0.29) is 5.75 Å². The minimum absolute atomic E-state index is 0.243. The van der Waals surface area contributed by atoms with Crippen molar-refractivity contribution >= 4 is 0 Å². The summed E-state index contributed by atoms with van der Waals surface area (Å²) in [6.45, 7) is 0. The number of phenolic OH excluding ortho intramolecular Hbond substituents is 1. The van der Waals surface area contributed by atoms with Gasteiger partial charge >= 0.3 is 0 Å². The van der Waals surface area contributed by atoms with Gasteiger partial charge in [0.15, 0.2) is 0 Å². The maximum Gasteiger partial charge on any atom is 0.115 e. The van der Waals surface area contributed by atoms with E-state index in [0.717, 1.165) is 11.3 Å². The zero-order valence-electron chi connectivity index (χ0n) is 9.45. The zero-order valence-corrected chi connectivity index (χ0v) is 9.45. The third-order valence-electron chi connectivity index (χ3n) is 2.58. The fourth-order valence-corrected chi connectivity index (χ4v) is 1.74. The summed E-state index contributed by atoms with van der Waals surface area (Å²) in [4.78, 5) is 4.17. The van der Waals surface area contributed by atoms with Gasteiger partial charge in [-0.2, -0.15) is 0 Å². The van der Waals surface area contributed by atoms with Gasteiger partial charge in [0.2, 0.25) is 0 Å². The Kier molecular flexibility index (Phi) is 3.73. The molecule has 0 radical (unpaired) electrons. The Morgan fingerprint density at radius 2 is 1.76 bits per heavy atom. The minimum atomic E-state index is -0.450. The molecule has 0 aliphatic rings. The normalized spacial score (nSPS) is 12.3. The Morgan fingerprint density at radius 1 is 1.00 bits per heavy atom. The number of phenols is 1. The fourth-order valence-electron chi connectivity index (χ4n) is 1.74. The van der Waals surface area contributed by atoms with Crippen molar-refractivity contribution in [3.05, 3.63) is 59.9 Å². The Hall–Kier alpha value is -1.87. The lowest BCUT2D eigenvalue weighted by atomic mass is 10.0. The quantitative estimate of drug-likeness (QED) is 0.842. The van der Waals surface area contributed by atoms with Crippen LogP contribution < -0.4 is 0 Å². The van der Waals surface area contributed by atoms with Crippen LogP contribution in [0.5, 0.6) is 5.75 Å². The first kappa shape index (κ1) is 11.6. The largest absolute Gasteiger partial charge is 0.508 e. The topological polar surface area (TPSA) is 53.4 Å². The Labute approximate surface area is 100 Å². The van der Waals surface area contributed by atoms with Crippen LogP contribution in [0.1, 0.15) is 11.3 Å². The van der Waals surface area contributed by atoms with Crippen molar-refractivity contribution in [1.29, 1.82) is 0 Å². The number of hydrogen-bond donors (Lipinski definition) is 2. The van der Waals surface area contributed by atoms with Gasteiger partial charge in [-0.05, 0) is 36.2 Å². The predicted octanol–water partition coefficient (Wildman–Crippen LogP) is 1.93. The van der Waals surface area contributed by atoms with Crippen LogP contribution in [-0.4, -0.2) is 21.3 Å². The van der Waals surface area contributed by atoms with Crippen molar-refractivity contribution in [2.45, 2.75) is 18.9 Å². The van der Waals surface area contributed by atoms with E-state index in [1.807, 2.05) is 30.3 Å². The van der Waals surface area contributed by atoms with E-state index in [1.54, 1.807) is 18.3 Å².